The summed E-state index contributed by atoms with van der Waals surface area (Å²) in [5.41, 5.74) is 13.3. The maximum absolute atomic E-state index is 5.73. The number of hydrogen-bond donors (Lipinski definition) is 2. The monoisotopic (exact) mass is 411 g/mol. The summed E-state index contributed by atoms with van der Waals surface area (Å²) in [6, 6.07) is 12.4. The minimum atomic E-state index is 0.540. The van der Waals surface area contributed by atoms with Gasteiger partial charge in [-0.1, -0.05) is 30.3 Å². The molecule has 1 fully saturated rings. The van der Waals surface area contributed by atoms with E-state index in [9.17, 15) is 0 Å². The fourth-order valence-electron chi connectivity index (χ4n) is 4.25. The average molecular weight is 411 g/mol. The van der Waals surface area contributed by atoms with Crippen LogP contribution in [0.2, 0.25) is 0 Å². The fraction of sp³-hybridized carbons (Fsp3) is 0.261. The van der Waals surface area contributed by atoms with E-state index in [0.29, 0.717) is 6.54 Å². The van der Waals surface area contributed by atoms with Gasteiger partial charge in [0.25, 0.3) is 0 Å². The molecule has 31 heavy (non-hydrogen) atoms. The maximum Gasteiger partial charge on any atom is 0.159 e. The third-order valence-electron chi connectivity index (χ3n) is 5.95. The zero-order valence-electron chi connectivity index (χ0n) is 17.8. The summed E-state index contributed by atoms with van der Waals surface area (Å²) in [5, 5.41) is 0. The molecule has 0 radical (unpaired) electrons. The van der Waals surface area contributed by atoms with Crippen molar-refractivity contribution in [1.82, 2.24) is 24.8 Å². The molecule has 8 heteroatoms. The van der Waals surface area contributed by atoms with Gasteiger partial charge in [0.1, 0.15) is 19.2 Å². The Balaban J connectivity index is 1.38. The number of imidazole rings is 1. The second-order valence-corrected chi connectivity index (χ2v) is 8.10. The van der Waals surface area contributed by atoms with Gasteiger partial charge >= 0.3 is 0 Å². The molecular weight excluding hydrogens is 385 g/mol. The Hall–Kier alpha value is -3.23. The van der Waals surface area contributed by atoms with E-state index in [2.05, 4.69) is 50.8 Å². The van der Waals surface area contributed by atoms with Crippen molar-refractivity contribution < 1.29 is 0 Å². The van der Waals surface area contributed by atoms with Crippen LogP contribution in [0, 0.1) is 0 Å². The number of rotatable bonds is 5. The second-order valence-electron chi connectivity index (χ2n) is 8.10. The van der Waals surface area contributed by atoms with Crippen LogP contribution in [0.3, 0.4) is 0 Å². The van der Waals surface area contributed by atoms with Gasteiger partial charge in [0.15, 0.2) is 5.65 Å². The molecule has 0 unspecified atom stereocenters. The van der Waals surface area contributed by atoms with Crippen LogP contribution in [-0.2, 0) is 13.1 Å². The Bertz CT molecular complexity index is 1170. The molecule has 1 saturated heterocycles. The molecule has 1 aromatic carbocycles. The molecule has 5 rings (SSSR count). The first-order valence-corrected chi connectivity index (χ1v) is 10.7. The molecule has 1 aliphatic heterocycles. The number of piperazine rings is 1. The predicted octanol–water partition coefficient (Wildman–Crippen LogP) is 1.06. The maximum atomic E-state index is 5.73. The first-order chi connectivity index (χ1) is 15.2. The highest BCUT2D eigenvalue weighted by atomic mass is 15.3. The Kier molecular flexibility index (Phi) is 5.40. The van der Waals surface area contributed by atoms with Gasteiger partial charge in [-0.2, -0.15) is 0 Å². The number of nitrogens with one attached hydrogen (secondary N) is 1. The third kappa shape index (κ3) is 4.04. The highest BCUT2D eigenvalue weighted by Gasteiger charge is 2.22. The lowest BCUT2D eigenvalue weighted by atomic mass is 9.95. The number of nitrogens with zero attached hydrogens (tertiary/aromatic N) is 5. The van der Waals surface area contributed by atoms with Crippen LogP contribution in [0.1, 0.15) is 11.1 Å². The van der Waals surface area contributed by atoms with Crippen molar-refractivity contribution in [1.29, 1.82) is 0 Å². The largest absolute Gasteiger partial charge is 0.368 e. The Morgan fingerprint density at radius 2 is 1.81 bits per heavy atom. The van der Waals surface area contributed by atoms with Gasteiger partial charge < -0.3 is 15.6 Å². The molecule has 4 aromatic rings. The summed E-state index contributed by atoms with van der Waals surface area (Å²) in [4.78, 5) is 22.1. The first-order valence-electron chi connectivity index (χ1n) is 10.7. The van der Waals surface area contributed by atoms with Crippen LogP contribution < -0.4 is 16.1 Å². The Morgan fingerprint density at radius 3 is 2.52 bits per heavy atom. The Labute approximate surface area is 182 Å². The average Bonchev–Trinajstić information content (AvgIpc) is 3.25. The molecule has 156 valence electrons. The number of anilines is 1. The molecule has 0 amide bonds. The van der Waals surface area contributed by atoms with E-state index in [1.54, 1.807) is 0 Å². The summed E-state index contributed by atoms with van der Waals surface area (Å²) >= 11 is 0. The van der Waals surface area contributed by atoms with Gasteiger partial charge in [-0.05, 0) is 22.7 Å². The van der Waals surface area contributed by atoms with E-state index < -0.39 is 0 Å². The van der Waals surface area contributed by atoms with Crippen molar-refractivity contribution in [3.05, 3.63) is 66.1 Å². The van der Waals surface area contributed by atoms with Crippen LogP contribution in [0.25, 0.3) is 22.6 Å². The third-order valence-corrected chi connectivity index (χ3v) is 5.95. The number of nitrogens with two attached hydrogens (primary N) is 1. The van der Waals surface area contributed by atoms with Crippen molar-refractivity contribution in [2.75, 3.05) is 31.1 Å². The van der Waals surface area contributed by atoms with E-state index in [1.165, 1.54) is 11.3 Å². The molecular formula is C23H26BN7. The van der Waals surface area contributed by atoms with Crippen molar-refractivity contribution in [2.24, 2.45) is 5.73 Å². The smallest absolute Gasteiger partial charge is 0.159 e. The minimum Gasteiger partial charge on any atom is -0.368 e. The van der Waals surface area contributed by atoms with E-state index in [-0.39, 0.29) is 0 Å². The molecule has 0 bridgehead atoms. The summed E-state index contributed by atoms with van der Waals surface area (Å²) in [6.45, 7) is 5.43. The lowest BCUT2D eigenvalue weighted by Crippen LogP contribution is -2.47. The van der Waals surface area contributed by atoms with Gasteiger partial charge in [-0.25, -0.2) is 9.97 Å². The second kappa shape index (κ2) is 8.49. The molecule has 0 saturated carbocycles. The summed E-state index contributed by atoms with van der Waals surface area (Å²) in [5.74, 6) is 0.841. The zero-order chi connectivity index (χ0) is 21.2. The van der Waals surface area contributed by atoms with Gasteiger partial charge in [0.2, 0.25) is 0 Å². The summed E-state index contributed by atoms with van der Waals surface area (Å²) in [7, 11) is 2.12. The molecule has 1 aliphatic rings. The zero-order valence-corrected chi connectivity index (χ0v) is 17.8. The molecule has 4 heterocycles. The fourth-order valence-corrected chi connectivity index (χ4v) is 4.25. The summed E-state index contributed by atoms with van der Waals surface area (Å²) < 4.78 is 0. The van der Waals surface area contributed by atoms with Crippen molar-refractivity contribution in [3.8, 4) is 11.4 Å². The minimum absolute atomic E-state index is 0.540. The standard InChI is InChI=1S/C23H26BN7/c24-19-14-27-23-20(28-22(29-23)18-5-3-16(12-25)4-6-18)21(19)31-10-8-30(9-11-31)15-17-2-1-7-26-13-17/h1-7,13-14H,8-12,15,24-25H2,(H,27,28,29). The number of benzene rings is 1. The normalized spacial score (nSPS) is 14.9. The van der Waals surface area contributed by atoms with E-state index >= 15 is 0 Å². The van der Waals surface area contributed by atoms with Crippen LogP contribution in [-0.4, -0.2) is 58.9 Å². The highest BCUT2D eigenvalue weighted by molar-refractivity contribution is 6.37. The molecule has 7 nitrogen and oxygen atoms in total. The van der Waals surface area contributed by atoms with E-state index in [4.69, 9.17) is 10.7 Å². The number of aromatic nitrogens is 4. The van der Waals surface area contributed by atoms with Crippen molar-refractivity contribution >= 4 is 30.2 Å². The van der Waals surface area contributed by atoms with E-state index in [1.807, 2.05) is 36.8 Å². The highest BCUT2D eigenvalue weighted by Crippen LogP contribution is 2.26. The van der Waals surface area contributed by atoms with Crippen LogP contribution in [0.5, 0.6) is 0 Å². The van der Waals surface area contributed by atoms with Gasteiger partial charge in [0, 0.05) is 63.4 Å². The number of hydrogen-bond acceptors (Lipinski definition) is 6. The van der Waals surface area contributed by atoms with Gasteiger partial charge in [-0.15, -0.1) is 0 Å². The number of H-pyrrole nitrogens is 1. The quantitative estimate of drug-likeness (QED) is 0.478. The number of pyridine rings is 2. The number of aromatic amines is 1. The van der Waals surface area contributed by atoms with E-state index in [0.717, 1.165) is 66.3 Å². The van der Waals surface area contributed by atoms with Crippen LogP contribution in [0.4, 0.5) is 5.69 Å². The van der Waals surface area contributed by atoms with Gasteiger partial charge in [-0.3, -0.25) is 9.88 Å². The van der Waals surface area contributed by atoms with Crippen LogP contribution in [0.15, 0.2) is 55.0 Å². The molecule has 3 N–H and O–H groups in total. The van der Waals surface area contributed by atoms with Crippen LogP contribution >= 0.6 is 0 Å². The number of fused-ring (bicyclic) bond motifs is 1. The lowest BCUT2D eigenvalue weighted by molar-refractivity contribution is 0.250. The first kappa shape index (κ1) is 19.7. The molecule has 3 aromatic heterocycles. The summed E-state index contributed by atoms with van der Waals surface area (Å²) in [6.07, 6.45) is 5.72. The lowest BCUT2D eigenvalue weighted by Gasteiger charge is -2.36. The topological polar surface area (TPSA) is 87.0 Å². The SMILES string of the molecule is Bc1cnc2[nH]c(-c3ccc(CN)cc3)nc2c1N1CCN(Cc2cccnc2)CC1. The predicted molar refractivity (Wildman–Crippen MR) is 127 cm³/mol. The molecule has 0 atom stereocenters. The molecule has 0 spiro atoms. The van der Waals surface area contributed by atoms with Gasteiger partial charge in [0.05, 0.1) is 5.69 Å². The van der Waals surface area contributed by atoms with Crippen molar-refractivity contribution in [2.45, 2.75) is 13.1 Å². The molecule has 0 aliphatic carbocycles. The van der Waals surface area contributed by atoms with Crippen molar-refractivity contribution in [3.63, 3.8) is 0 Å². The Morgan fingerprint density at radius 1 is 1.00 bits per heavy atom.